The quantitative estimate of drug-likeness (QED) is 0.870. The van der Waals surface area contributed by atoms with Crippen LogP contribution in [0.3, 0.4) is 0 Å². The highest BCUT2D eigenvalue weighted by Gasteiger charge is 2.05. The number of nitrogens with one attached hydrogen (secondary N) is 1. The number of ether oxygens (including phenoxy) is 2. The van der Waals surface area contributed by atoms with Crippen LogP contribution >= 0.6 is 11.3 Å². The van der Waals surface area contributed by atoms with Crippen LogP contribution in [0.1, 0.15) is 10.6 Å². The van der Waals surface area contributed by atoms with Crippen LogP contribution in [-0.2, 0) is 13.1 Å². The lowest BCUT2D eigenvalue weighted by atomic mass is 10.2. The van der Waals surface area contributed by atoms with Crippen LogP contribution in [0.5, 0.6) is 11.5 Å². The fourth-order valence-corrected chi connectivity index (χ4v) is 2.23. The summed E-state index contributed by atoms with van der Waals surface area (Å²) in [5.74, 6) is 1.64. The molecular weight excluding hydrogens is 248 g/mol. The fourth-order valence-electron chi connectivity index (χ4n) is 1.64. The Labute approximate surface area is 111 Å². The van der Waals surface area contributed by atoms with Gasteiger partial charge in [0, 0.05) is 36.3 Å². The van der Waals surface area contributed by atoms with Crippen molar-refractivity contribution < 1.29 is 9.47 Å². The largest absolute Gasteiger partial charge is 0.497 e. The average molecular weight is 264 g/mol. The number of hydrogen-bond donors (Lipinski definition) is 1. The molecule has 2 aromatic rings. The first-order chi connectivity index (χ1) is 8.83. The van der Waals surface area contributed by atoms with Gasteiger partial charge < -0.3 is 14.8 Å². The van der Waals surface area contributed by atoms with Gasteiger partial charge in [0.15, 0.2) is 0 Å². The van der Waals surface area contributed by atoms with Crippen molar-refractivity contribution in [2.45, 2.75) is 13.1 Å². The van der Waals surface area contributed by atoms with E-state index in [0.29, 0.717) is 0 Å². The third kappa shape index (κ3) is 3.21. The molecule has 5 heteroatoms. The second-order valence-electron chi connectivity index (χ2n) is 3.71. The molecule has 0 bridgehead atoms. The van der Waals surface area contributed by atoms with Gasteiger partial charge in [-0.15, -0.1) is 11.3 Å². The maximum Gasteiger partial charge on any atom is 0.127 e. The Balaban J connectivity index is 1.96. The van der Waals surface area contributed by atoms with E-state index in [-0.39, 0.29) is 0 Å². The number of aromatic nitrogens is 1. The molecule has 0 aliphatic carbocycles. The first-order valence-electron chi connectivity index (χ1n) is 5.63. The summed E-state index contributed by atoms with van der Waals surface area (Å²) in [6.07, 6.45) is 1.82. The van der Waals surface area contributed by atoms with Gasteiger partial charge >= 0.3 is 0 Å². The molecule has 1 aromatic heterocycles. The minimum absolute atomic E-state index is 0.743. The number of methoxy groups -OCH3 is 2. The first-order valence-corrected chi connectivity index (χ1v) is 6.51. The van der Waals surface area contributed by atoms with E-state index in [1.165, 1.54) is 0 Å². The molecular formula is C13H16N2O2S. The SMILES string of the molecule is COc1ccc(CNCc2nccs2)c(OC)c1. The predicted molar refractivity (Wildman–Crippen MR) is 72.2 cm³/mol. The van der Waals surface area contributed by atoms with Crippen molar-refractivity contribution in [3.63, 3.8) is 0 Å². The lowest BCUT2D eigenvalue weighted by Crippen LogP contribution is -2.13. The van der Waals surface area contributed by atoms with Crippen LogP contribution in [0.2, 0.25) is 0 Å². The van der Waals surface area contributed by atoms with E-state index in [1.54, 1.807) is 25.6 Å². The molecule has 0 amide bonds. The third-order valence-corrected chi connectivity index (χ3v) is 3.35. The predicted octanol–water partition coefficient (Wildman–Crippen LogP) is 2.45. The van der Waals surface area contributed by atoms with Gasteiger partial charge in [-0.25, -0.2) is 4.98 Å². The van der Waals surface area contributed by atoms with Gasteiger partial charge in [0.2, 0.25) is 0 Å². The lowest BCUT2D eigenvalue weighted by Gasteiger charge is -2.10. The summed E-state index contributed by atoms with van der Waals surface area (Å²) in [6.45, 7) is 1.51. The van der Waals surface area contributed by atoms with Gasteiger partial charge in [-0.2, -0.15) is 0 Å². The number of nitrogens with zero attached hydrogens (tertiary/aromatic N) is 1. The van der Waals surface area contributed by atoms with E-state index >= 15 is 0 Å². The van der Waals surface area contributed by atoms with Gasteiger partial charge in [0.05, 0.1) is 14.2 Å². The Morgan fingerprint density at radius 3 is 2.78 bits per heavy atom. The Bertz CT molecular complexity index is 486. The smallest absolute Gasteiger partial charge is 0.127 e. The molecule has 18 heavy (non-hydrogen) atoms. The van der Waals surface area contributed by atoms with Crippen molar-refractivity contribution in [3.05, 3.63) is 40.3 Å². The lowest BCUT2D eigenvalue weighted by molar-refractivity contribution is 0.390. The highest BCUT2D eigenvalue weighted by atomic mass is 32.1. The molecule has 96 valence electrons. The van der Waals surface area contributed by atoms with Crippen LogP contribution in [0.15, 0.2) is 29.8 Å². The normalized spacial score (nSPS) is 10.3. The molecule has 0 saturated heterocycles. The first kappa shape index (κ1) is 12.9. The summed E-state index contributed by atoms with van der Waals surface area (Å²) in [5.41, 5.74) is 1.11. The molecule has 2 rings (SSSR count). The molecule has 1 aromatic carbocycles. The molecule has 0 saturated carbocycles. The highest BCUT2D eigenvalue weighted by Crippen LogP contribution is 2.24. The van der Waals surface area contributed by atoms with Gasteiger partial charge in [-0.3, -0.25) is 0 Å². The van der Waals surface area contributed by atoms with E-state index in [4.69, 9.17) is 9.47 Å². The van der Waals surface area contributed by atoms with E-state index in [0.717, 1.165) is 35.2 Å². The summed E-state index contributed by atoms with van der Waals surface area (Å²) < 4.78 is 10.5. The van der Waals surface area contributed by atoms with Crippen LogP contribution in [0, 0.1) is 0 Å². The molecule has 4 nitrogen and oxygen atoms in total. The Hall–Kier alpha value is -1.59. The topological polar surface area (TPSA) is 43.4 Å². The van der Waals surface area contributed by atoms with Crippen LogP contribution in [-0.4, -0.2) is 19.2 Å². The number of hydrogen-bond acceptors (Lipinski definition) is 5. The van der Waals surface area contributed by atoms with E-state index in [1.807, 2.05) is 29.8 Å². The fraction of sp³-hybridized carbons (Fsp3) is 0.308. The maximum absolute atomic E-state index is 5.34. The minimum atomic E-state index is 0.743. The molecule has 0 aliphatic rings. The Morgan fingerprint density at radius 1 is 1.22 bits per heavy atom. The van der Waals surface area contributed by atoms with Gasteiger partial charge in [-0.05, 0) is 6.07 Å². The number of benzene rings is 1. The van der Waals surface area contributed by atoms with Crippen molar-refractivity contribution in [2.24, 2.45) is 0 Å². The summed E-state index contributed by atoms with van der Waals surface area (Å²) in [5, 5.41) is 6.41. The monoisotopic (exact) mass is 264 g/mol. The molecule has 0 radical (unpaired) electrons. The molecule has 1 heterocycles. The van der Waals surface area contributed by atoms with E-state index in [2.05, 4.69) is 10.3 Å². The molecule has 1 N–H and O–H groups in total. The summed E-state index contributed by atoms with van der Waals surface area (Å²) >= 11 is 1.65. The summed E-state index contributed by atoms with van der Waals surface area (Å²) in [7, 11) is 3.31. The second kappa shape index (κ2) is 6.37. The van der Waals surface area contributed by atoms with Crippen molar-refractivity contribution in [2.75, 3.05) is 14.2 Å². The molecule has 0 aliphatic heterocycles. The van der Waals surface area contributed by atoms with Gasteiger partial charge in [-0.1, -0.05) is 6.07 Å². The molecule has 0 unspecified atom stereocenters. The Kier molecular flexibility index (Phi) is 4.55. The van der Waals surface area contributed by atoms with Crippen LogP contribution in [0.25, 0.3) is 0 Å². The standard InChI is InChI=1S/C13H16N2O2S/c1-16-11-4-3-10(12(7-11)17-2)8-14-9-13-15-5-6-18-13/h3-7,14H,8-9H2,1-2H3. The third-order valence-electron chi connectivity index (χ3n) is 2.57. The molecule has 0 fully saturated rings. The van der Waals surface area contributed by atoms with Crippen molar-refractivity contribution in [1.29, 1.82) is 0 Å². The number of thiazole rings is 1. The van der Waals surface area contributed by atoms with Gasteiger partial charge in [0.1, 0.15) is 16.5 Å². The van der Waals surface area contributed by atoms with Crippen LogP contribution in [0.4, 0.5) is 0 Å². The molecule has 0 atom stereocenters. The summed E-state index contributed by atoms with van der Waals surface area (Å²) in [6, 6.07) is 5.83. The zero-order valence-electron chi connectivity index (χ0n) is 10.5. The van der Waals surface area contributed by atoms with Crippen molar-refractivity contribution in [3.8, 4) is 11.5 Å². The van der Waals surface area contributed by atoms with E-state index < -0.39 is 0 Å². The van der Waals surface area contributed by atoms with Crippen LogP contribution < -0.4 is 14.8 Å². The maximum atomic E-state index is 5.34. The molecule has 0 spiro atoms. The van der Waals surface area contributed by atoms with Crippen molar-refractivity contribution in [1.82, 2.24) is 10.3 Å². The highest BCUT2D eigenvalue weighted by molar-refractivity contribution is 7.09. The van der Waals surface area contributed by atoms with Crippen molar-refractivity contribution >= 4 is 11.3 Å². The summed E-state index contributed by atoms with van der Waals surface area (Å²) in [4.78, 5) is 4.22. The minimum Gasteiger partial charge on any atom is -0.497 e. The van der Waals surface area contributed by atoms with E-state index in [9.17, 15) is 0 Å². The number of rotatable bonds is 6. The Morgan fingerprint density at radius 2 is 2.11 bits per heavy atom. The van der Waals surface area contributed by atoms with Gasteiger partial charge in [0.25, 0.3) is 0 Å². The second-order valence-corrected chi connectivity index (χ2v) is 4.69. The zero-order valence-corrected chi connectivity index (χ0v) is 11.3. The zero-order chi connectivity index (χ0) is 12.8. The average Bonchev–Trinajstić information content (AvgIpc) is 2.92.